The Morgan fingerprint density at radius 1 is 1.07 bits per heavy atom. The summed E-state index contributed by atoms with van der Waals surface area (Å²) in [6.45, 7) is -0.556. The first-order valence-electron chi connectivity index (χ1n) is 8.59. The Labute approximate surface area is 163 Å². The van der Waals surface area contributed by atoms with Crippen molar-refractivity contribution < 1.29 is 22.9 Å². The van der Waals surface area contributed by atoms with Crippen molar-refractivity contribution in [2.24, 2.45) is 0 Å². The molecule has 0 amide bonds. The lowest BCUT2D eigenvalue weighted by atomic mass is 10.2. The van der Waals surface area contributed by atoms with Gasteiger partial charge in [0.1, 0.15) is 24.7 Å². The minimum Gasteiger partial charge on any atom is -0.458 e. The van der Waals surface area contributed by atoms with Crippen LogP contribution in [0.15, 0.2) is 74.4 Å². The van der Waals surface area contributed by atoms with E-state index in [1.807, 2.05) is 30.3 Å². The van der Waals surface area contributed by atoms with Gasteiger partial charge in [-0.05, 0) is 24.3 Å². The van der Waals surface area contributed by atoms with E-state index in [-0.39, 0.29) is 12.5 Å². The molecule has 0 radical (unpaired) electrons. The first-order valence-corrected chi connectivity index (χ1v) is 8.59. The SMILES string of the molecule is O=C(Cn1nc(-c2ccc(F)cc2)oc1=O)OCc1cc(-c2ccccc2)on1. The van der Waals surface area contributed by atoms with Crippen LogP contribution in [0.1, 0.15) is 5.69 Å². The number of carbonyl (C=O) groups is 1. The topological polar surface area (TPSA) is 100 Å². The number of rotatable bonds is 6. The molecule has 0 saturated heterocycles. The zero-order valence-corrected chi connectivity index (χ0v) is 14.9. The van der Waals surface area contributed by atoms with Crippen LogP contribution in [0.3, 0.4) is 0 Å². The molecule has 0 fully saturated rings. The highest BCUT2D eigenvalue weighted by molar-refractivity contribution is 5.69. The first kappa shape index (κ1) is 18.4. The second-order valence-electron chi connectivity index (χ2n) is 6.05. The third-order valence-electron chi connectivity index (χ3n) is 3.97. The third kappa shape index (κ3) is 4.29. The fraction of sp³-hybridized carbons (Fsp3) is 0.100. The minimum atomic E-state index is -0.825. The lowest BCUT2D eigenvalue weighted by molar-refractivity contribution is -0.146. The van der Waals surface area contributed by atoms with Gasteiger partial charge in [0.15, 0.2) is 5.76 Å². The van der Waals surface area contributed by atoms with Gasteiger partial charge >= 0.3 is 11.7 Å². The number of esters is 1. The smallest absolute Gasteiger partial charge is 0.437 e. The number of nitrogens with zero attached hydrogens (tertiary/aromatic N) is 3. The van der Waals surface area contributed by atoms with Gasteiger partial charge in [-0.2, -0.15) is 4.68 Å². The molecule has 0 bridgehead atoms. The van der Waals surface area contributed by atoms with Crippen molar-refractivity contribution in [2.75, 3.05) is 0 Å². The molecule has 2 heterocycles. The fourth-order valence-electron chi connectivity index (χ4n) is 2.56. The Balaban J connectivity index is 1.37. The van der Waals surface area contributed by atoms with Crippen molar-refractivity contribution in [1.82, 2.24) is 14.9 Å². The minimum absolute atomic E-state index is 0.0215. The Hall–Kier alpha value is -4.01. The van der Waals surface area contributed by atoms with E-state index < -0.39 is 24.1 Å². The Morgan fingerprint density at radius 2 is 1.83 bits per heavy atom. The maximum atomic E-state index is 13.0. The number of hydrogen-bond acceptors (Lipinski definition) is 7. The molecular formula is C20H14FN3O5. The average Bonchev–Trinajstić information content (AvgIpc) is 3.35. The summed E-state index contributed by atoms with van der Waals surface area (Å²) in [5.74, 6) is -1.42. The second-order valence-corrected chi connectivity index (χ2v) is 6.05. The van der Waals surface area contributed by atoms with Crippen LogP contribution >= 0.6 is 0 Å². The van der Waals surface area contributed by atoms with Crippen molar-refractivity contribution in [2.45, 2.75) is 13.2 Å². The van der Waals surface area contributed by atoms with E-state index in [0.717, 1.165) is 10.2 Å². The van der Waals surface area contributed by atoms with E-state index in [9.17, 15) is 14.0 Å². The van der Waals surface area contributed by atoms with Gasteiger partial charge in [-0.1, -0.05) is 35.5 Å². The molecule has 4 aromatic rings. The van der Waals surface area contributed by atoms with E-state index in [0.29, 0.717) is 17.0 Å². The normalized spacial score (nSPS) is 10.8. The van der Waals surface area contributed by atoms with Crippen LogP contribution in [0.25, 0.3) is 22.8 Å². The fourth-order valence-corrected chi connectivity index (χ4v) is 2.56. The number of halogens is 1. The monoisotopic (exact) mass is 395 g/mol. The van der Waals surface area contributed by atoms with Crippen LogP contribution in [0, 0.1) is 5.82 Å². The second kappa shape index (κ2) is 7.93. The molecule has 4 rings (SSSR count). The quantitative estimate of drug-likeness (QED) is 0.463. The Morgan fingerprint density at radius 3 is 2.59 bits per heavy atom. The molecule has 0 atom stereocenters. The summed E-state index contributed by atoms with van der Waals surface area (Å²) in [5.41, 5.74) is 1.68. The maximum Gasteiger partial charge on any atom is 0.437 e. The number of hydrogen-bond donors (Lipinski definition) is 0. The van der Waals surface area contributed by atoms with Gasteiger partial charge in [0.2, 0.25) is 5.89 Å². The molecule has 29 heavy (non-hydrogen) atoms. The molecule has 146 valence electrons. The van der Waals surface area contributed by atoms with Crippen LogP contribution in [0.5, 0.6) is 0 Å². The van der Waals surface area contributed by atoms with Crippen LogP contribution in [-0.4, -0.2) is 20.9 Å². The van der Waals surface area contributed by atoms with Gasteiger partial charge in [0.25, 0.3) is 0 Å². The molecule has 2 aromatic heterocycles. The molecular weight excluding hydrogens is 381 g/mol. The van der Waals surface area contributed by atoms with Crippen LogP contribution < -0.4 is 5.76 Å². The van der Waals surface area contributed by atoms with Gasteiger partial charge in [-0.15, -0.1) is 5.10 Å². The van der Waals surface area contributed by atoms with E-state index >= 15 is 0 Å². The molecule has 0 saturated carbocycles. The molecule has 0 unspecified atom stereocenters. The van der Waals surface area contributed by atoms with Gasteiger partial charge in [0.05, 0.1) is 0 Å². The molecule has 0 N–H and O–H groups in total. The number of benzene rings is 2. The Bertz CT molecular complexity index is 1180. The molecule has 9 heteroatoms. The Kier molecular flexibility index (Phi) is 5.02. The van der Waals surface area contributed by atoms with E-state index in [4.69, 9.17) is 13.7 Å². The summed E-state index contributed by atoms with van der Waals surface area (Å²) >= 11 is 0. The van der Waals surface area contributed by atoms with Crippen LogP contribution in [-0.2, 0) is 22.7 Å². The number of aromatic nitrogens is 3. The third-order valence-corrected chi connectivity index (χ3v) is 3.97. The van der Waals surface area contributed by atoms with E-state index in [1.54, 1.807) is 6.07 Å². The standard InChI is InChI=1S/C20H14FN3O5/c21-15-8-6-14(7-9-15)19-22-24(20(26)28-19)11-18(25)27-12-16-10-17(29-23-16)13-4-2-1-3-5-13/h1-10H,11-12H2. The molecule has 0 spiro atoms. The van der Waals surface area contributed by atoms with Crippen LogP contribution in [0.4, 0.5) is 4.39 Å². The highest BCUT2D eigenvalue weighted by atomic mass is 19.1. The molecule has 8 nitrogen and oxygen atoms in total. The van der Waals surface area contributed by atoms with Crippen LogP contribution in [0.2, 0.25) is 0 Å². The van der Waals surface area contributed by atoms with Gasteiger partial charge in [0, 0.05) is 17.2 Å². The largest absolute Gasteiger partial charge is 0.458 e. The zero-order chi connectivity index (χ0) is 20.2. The summed E-state index contributed by atoms with van der Waals surface area (Å²) < 4.78 is 29.2. The maximum absolute atomic E-state index is 13.0. The molecule has 0 aliphatic carbocycles. The highest BCUT2D eigenvalue weighted by Gasteiger charge is 2.15. The lowest BCUT2D eigenvalue weighted by Gasteiger charge is -2.01. The highest BCUT2D eigenvalue weighted by Crippen LogP contribution is 2.20. The van der Waals surface area contributed by atoms with E-state index in [2.05, 4.69) is 10.3 Å². The summed E-state index contributed by atoms with van der Waals surface area (Å²) in [6.07, 6.45) is 0. The summed E-state index contributed by atoms with van der Waals surface area (Å²) in [5, 5.41) is 7.78. The predicted molar refractivity (Wildman–Crippen MR) is 97.9 cm³/mol. The van der Waals surface area contributed by atoms with Gasteiger partial charge < -0.3 is 13.7 Å². The first-order chi connectivity index (χ1) is 14.1. The molecule has 2 aromatic carbocycles. The summed E-state index contributed by atoms with van der Waals surface area (Å²) in [6, 6.07) is 16.3. The molecule has 0 aliphatic heterocycles. The van der Waals surface area contributed by atoms with Crippen molar-refractivity contribution in [3.63, 3.8) is 0 Å². The summed E-state index contributed by atoms with van der Waals surface area (Å²) in [4.78, 5) is 23.9. The van der Waals surface area contributed by atoms with Crippen molar-refractivity contribution in [3.8, 4) is 22.8 Å². The zero-order valence-electron chi connectivity index (χ0n) is 14.9. The summed E-state index contributed by atoms with van der Waals surface area (Å²) in [7, 11) is 0. The average molecular weight is 395 g/mol. The van der Waals surface area contributed by atoms with Gasteiger partial charge in [-0.25, -0.2) is 9.18 Å². The molecule has 0 aliphatic rings. The lowest BCUT2D eigenvalue weighted by Crippen LogP contribution is -2.23. The van der Waals surface area contributed by atoms with Crippen molar-refractivity contribution in [3.05, 3.63) is 82.7 Å². The number of ether oxygens (including phenoxy) is 1. The number of carbonyl (C=O) groups excluding carboxylic acids is 1. The van der Waals surface area contributed by atoms with Crippen molar-refractivity contribution in [1.29, 1.82) is 0 Å². The van der Waals surface area contributed by atoms with E-state index in [1.165, 1.54) is 24.3 Å². The predicted octanol–water partition coefficient (Wildman–Crippen LogP) is 3.04. The van der Waals surface area contributed by atoms with Crippen molar-refractivity contribution >= 4 is 5.97 Å². The van der Waals surface area contributed by atoms with Gasteiger partial charge in [-0.3, -0.25) is 4.79 Å².